The molecular formula is C20H14FeN4O6S2. The Morgan fingerprint density at radius 3 is 1.97 bits per heavy atom. The fraction of sp³-hybridized carbons (Fsp3) is 0.0500. The van der Waals surface area contributed by atoms with Crippen molar-refractivity contribution in [1.29, 1.82) is 0 Å². The van der Waals surface area contributed by atoms with Crippen molar-refractivity contribution >= 4 is 32.0 Å². The van der Waals surface area contributed by atoms with Crippen LogP contribution in [0.1, 0.15) is 22.9 Å². The minimum absolute atomic E-state index is 0. The van der Waals surface area contributed by atoms with Crippen LogP contribution in [0.15, 0.2) is 94.1 Å². The molecule has 1 aliphatic heterocycles. The average molecular weight is 526 g/mol. The molecule has 0 bridgehead atoms. The summed E-state index contributed by atoms with van der Waals surface area (Å²) in [6, 6.07) is 16.6. The van der Waals surface area contributed by atoms with E-state index < -0.39 is 31.4 Å². The molecule has 0 saturated heterocycles. The second kappa shape index (κ2) is 9.51. The molecule has 33 heavy (non-hydrogen) atoms. The number of pyridine rings is 1. The molecule has 0 spiro atoms. The zero-order valence-corrected chi connectivity index (χ0v) is 19.2. The molecule has 1 aromatic heterocycles. The Balaban J connectivity index is 0.00000306. The van der Waals surface area contributed by atoms with Crippen LogP contribution < -0.4 is 0 Å². The quantitative estimate of drug-likeness (QED) is 0.362. The van der Waals surface area contributed by atoms with Gasteiger partial charge in [0.25, 0.3) is 0 Å². The van der Waals surface area contributed by atoms with Gasteiger partial charge in [0, 0.05) is 11.8 Å². The summed E-state index contributed by atoms with van der Waals surface area (Å²) >= 11 is 0. The van der Waals surface area contributed by atoms with Crippen LogP contribution in [0.2, 0.25) is 0 Å². The van der Waals surface area contributed by atoms with E-state index in [-0.39, 0.29) is 39.9 Å². The van der Waals surface area contributed by atoms with Crippen LogP contribution in [0.25, 0.3) is 0 Å². The van der Waals surface area contributed by atoms with Crippen LogP contribution in [0.4, 0.5) is 0 Å². The van der Waals surface area contributed by atoms with Gasteiger partial charge in [0.1, 0.15) is 21.9 Å². The summed E-state index contributed by atoms with van der Waals surface area (Å²) in [5.41, 5.74) is 0.909. The monoisotopic (exact) mass is 526 g/mol. The molecule has 0 fully saturated rings. The van der Waals surface area contributed by atoms with E-state index in [9.17, 15) is 25.9 Å². The molecule has 0 amide bonds. The fourth-order valence-corrected chi connectivity index (χ4v) is 4.56. The Kier molecular flexibility index (Phi) is 7.12. The molecule has 0 radical (unpaired) electrons. The summed E-state index contributed by atoms with van der Waals surface area (Å²) < 4.78 is 71.5. The van der Waals surface area contributed by atoms with E-state index in [0.717, 1.165) is 12.1 Å². The first-order valence-electron chi connectivity index (χ1n) is 9.10. The Labute approximate surface area is 200 Å². The summed E-state index contributed by atoms with van der Waals surface area (Å²) in [6.07, 6.45) is 1.42. The largest absolute Gasteiger partial charge is 2.00 e. The number of hydrogen-bond acceptors (Lipinski definition) is 9. The molecule has 1 unspecified atom stereocenters. The van der Waals surface area contributed by atoms with E-state index in [1.165, 1.54) is 24.4 Å². The van der Waals surface area contributed by atoms with Crippen LogP contribution in [0.3, 0.4) is 0 Å². The van der Waals surface area contributed by atoms with Gasteiger partial charge in [-0.2, -0.15) is 5.10 Å². The number of amidine groups is 1. The number of nitrogens with zero attached hydrogens (tertiary/aromatic N) is 4. The smallest absolute Gasteiger partial charge is 0.744 e. The van der Waals surface area contributed by atoms with Crippen LogP contribution >= 0.6 is 0 Å². The molecule has 4 rings (SSSR count). The van der Waals surface area contributed by atoms with E-state index in [4.69, 9.17) is 0 Å². The predicted molar refractivity (Wildman–Crippen MR) is 112 cm³/mol. The van der Waals surface area contributed by atoms with Gasteiger partial charge >= 0.3 is 17.1 Å². The Morgan fingerprint density at radius 2 is 1.42 bits per heavy atom. The number of aromatic nitrogens is 1. The van der Waals surface area contributed by atoms with Crippen molar-refractivity contribution < 1.29 is 43.0 Å². The Hall–Kier alpha value is -2.93. The standard InChI is InChI=1S/C20H16N4O6S2.Fe/c25-31(26,27)16-11-9-14(10-12-16)18-19(15-6-2-1-3-7-15)24(32(28,29)30)20(23-22-18)17-8-4-5-13-21-17;/h1-13,19H,(H,25,26,27)(H,28,29,30);/q;+2/p-2. The molecule has 0 N–H and O–H groups in total. The predicted octanol–water partition coefficient (Wildman–Crippen LogP) is 1.65. The second-order valence-electron chi connectivity index (χ2n) is 6.67. The van der Waals surface area contributed by atoms with Gasteiger partial charge in [0.05, 0.1) is 10.6 Å². The average Bonchev–Trinajstić information content (AvgIpc) is 2.78. The minimum atomic E-state index is -5.11. The SMILES string of the molecule is O=S(=O)([O-])c1ccc(C2=NN=C(c3ccccn3)N(S(=O)(=O)[O-])C2c2ccccc2)cc1.[Fe+2]. The second-order valence-corrected chi connectivity index (χ2v) is 9.30. The van der Waals surface area contributed by atoms with Gasteiger partial charge in [-0.3, -0.25) is 4.98 Å². The maximum Gasteiger partial charge on any atom is 2.00 e. The molecule has 3 aromatic rings. The molecule has 1 aliphatic rings. The molecule has 10 nitrogen and oxygen atoms in total. The Bertz CT molecular complexity index is 1410. The summed E-state index contributed by atoms with van der Waals surface area (Å²) in [7, 11) is -9.78. The fourth-order valence-electron chi connectivity index (χ4n) is 3.26. The van der Waals surface area contributed by atoms with Crippen molar-refractivity contribution in [2.45, 2.75) is 10.9 Å². The van der Waals surface area contributed by atoms with Crippen molar-refractivity contribution in [3.63, 3.8) is 0 Å². The molecule has 170 valence electrons. The van der Waals surface area contributed by atoms with E-state index >= 15 is 0 Å². The first-order valence-corrected chi connectivity index (χ1v) is 11.9. The number of rotatable bonds is 5. The summed E-state index contributed by atoms with van der Waals surface area (Å²) in [6.45, 7) is 0. The third-order valence-electron chi connectivity index (χ3n) is 4.64. The van der Waals surface area contributed by atoms with E-state index in [1.54, 1.807) is 42.5 Å². The summed E-state index contributed by atoms with van der Waals surface area (Å²) in [4.78, 5) is 3.63. The maximum atomic E-state index is 12.4. The van der Waals surface area contributed by atoms with Gasteiger partial charge in [-0.05, 0) is 29.8 Å². The summed E-state index contributed by atoms with van der Waals surface area (Å²) in [5, 5.41) is 8.12. The van der Waals surface area contributed by atoms with Crippen molar-refractivity contribution in [3.8, 4) is 0 Å². The van der Waals surface area contributed by atoms with Crippen molar-refractivity contribution in [2.75, 3.05) is 0 Å². The van der Waals surface area contributed by atoms with Crippen LogP contribution in [0, 0.1) is 0 Å². The van der Waals surface area contributed by atoms with E-state index in [1.807, 2.05) is 0 Å². The molecule has 0 aliphatic carbocycles. The van der Waals surface area contributed by atoms with Crippen molar-refractivity contribution in [1.82, 2.24) is 9.29 Å². The van der Waals surface area contributed by atoms with Crippen LogP contribution in [-0.2, 0) is 37.5 Å². The van der Waals surface area contributed by atoms with Crippen molar-refractivity contribution in [2.24, 2.45) is 10.2 Å². The molecule has 0 saturated carbocycles. The van der Waals surface area contributed by atoms with Gasteiger partial charge in [0.15, 0.2) is 16.1 Å². The third-order valence-corrected chi connectivity index (χ3v) is 6.36. The van der Waals surface area contributed by atoms with Gasteiger partial charge in [-0.25, -0.2) is 21.1 Å². The maximum absolute atomic E-state index is 12.4. The summed E-state index contributed by atoms with van der Waals surface area (Å²) in [5.74, 6) is -0.253. The first kappa shape index (κ1) is 24.7. The van der Waals surface area contributed by atoms with E-state index in [2.05, 4.69) is 15.2 Å². The van der Waals surface area contributed by atoms with Crippen molar-refractivity contribution in [3.05, 3.63) is 95.8 Å². The number of benzene rings is 2. The molecule has 13 heteroatoms. The van der Waals surface area contributed by atoms with Gasteiger partial charge < -0.3 is 9.11 Å². The molecule has 1 atom stereocenters. The van der Waals surface area contributed by atoms with Crippen LogP contribution in [-0.4, -0.2) is 46.8 Å². The normalized spacial score (nSPS) is 16.4. The Morgan fingerprint density at radius 1 is 0.788 bits per heavy atom. The minimum Gasteiger partial charge on any atom is -0.744 e. The van der Waals surface area contributed by atoms with E-state index in [0.29, 0.717) is 9.87 Å². The zero-order valence-electron chi connectivity index (χ0n) is 16.5. The third kappa shape index (κ3) is 5.19. The van der Waals surface area contributed by atoms with Crippen LogP contribution in [0.5, 0.6) is 0 Å². The van der Waals surface area contributed by atoms with Gasteiger partial charge in [-0.15, -0.1) is 5.10 Å². The first-order chi connectivity index (χ1) is 15.2. The topological polar surface area (TPSA) is 155 Å². The molecule has 2 heterocycles. The van der Waals surface area contributed by atoms with Gasteiger partial charge in [0.2, 0.25) is 0 Å². The zero-order chi connectivity index (χ0) is 22.9. The number of hydrogen-bond donors (Lipinski definition) is 0. The van der Waals surface area contributed by atoms with Gasteiger partial charge in [-0.1, -0.05) is 48.5 Å². The molecular weight excluding hydrogens is 512 g/mol. The molecule has 2 aromatic carbocycles.